The SMILES string of the molecule is O=c1[nH]c(NC(c2ccccc2)(c2ccccc2)c2ccccc2)nc2c1ncn2[C@@H]1O[C@H](COC(c2ccccc2)(c2ccccc2)c2ccccc2)[C@@H](OC(c2ccccc2)(c2ccccc2)c2ccccc2)[C@H]1O. The molecule has 1 aliphatic rings. The maximum Gasteiger partial charge on any atom is 0.280 e. The highest BCUT2D eigenvalue weighted by Gasteiger charge is 2.53. The Hall–Kier alpha value is -9.03. The van der Waals surface area contributed by atoms with Gasteiger partial charge in [0.25, 0.3) is 5.56 Å². The molecule has 10 nitrogen and oxygen atoms in total. The topological polar surface area (TPSA) is 124 Å². The minimum Gasteiger partial charge on any atom is -0.386 e. The van der Waals surface area contributed by atoms with E-state index in [4.69, 9.17) is 19.2 Å². The summed E-state index contributed by atoms with van der Waals surface area (Å²) in [7, 11) is 0. The number of aromatic amines is 1. The van der Waals surface area contributed by atoms with Crippen LogP contribution in [-0.4, -0.2) is 49.5 Å². The number of hydrogen-bond donors (Lipinski definition) is 3. The molecule has 0 aliphatic carbocycles. The zero-order valence-corrected chi connectivity index (χ0v) is 42.0. The van der Waals surface area contributed by atoms with Gasteiger partial charge in [-0.3, -0.25) is 14.3 Å². The fourth-order valence-electron chi connectivity index (χ4n) is 11.3. The quantitative estimate of drug-likeness (QED) is 0.0771. The second-order valence-corrected chi connectivity index (χ2v) is 19.2. The smallest absolute Gasteiger partial charge is 0.280 e. The molecule has 9 aromatic carbocycles. The Kier molecular flexibility index (Phi) is 13.5. The van der Waals surface area contributed by atoms with Crippen LogP contribution in [0.5, 0.6) is 0 Å². The van der Waals surface area contributed by atoms with E-state index in [9.17, 15) is 9.90 Å². The Bertz CT molecular complexity index is 3440. The van der Waals surface area contributed by atoms with Gasteiger partial charge in [-0.2, -0.15) is 4.98 Å². The second kappa shape index (κ2) is 21.3. The fourth-order valence-corrected chi connectivity index (χ4v) is 11.3. The van der Waals surface area contributed by atoms with Crippen molar-refractivity contribution in [3.63, 3.8) is 0 Å². The van der Waals surface area contributed by atoms with Crippen molar-refractivity contribution in [3.05, 3.63) is 340 Å². The van der Waals surface area contributed by atoms with E-state index in [2.05, 4.69) is 88.1 Å². The van der Waals surface area contributed by atoms with E-state index in [1.165, 1.54) is 6.33 Å². The monoisotopic (exact) mass is 1010 g/mol. The average Bonchev–Trinajstić information content (AvgIpc) is 4.08. The summed E-state index contributed by atoms with van der Waals surface area (Å²) in [6.45, 7) is -0.0629. The van der Waals surface area contributed by atoms with Crippen molar-refractivity contribution in [2.75, 3.05) is 11.9 Å². The summed E-state index contributed by atoms with van der Waals surface area (Å²) in [6.07, 6.45) is -3.09. The largest absolute Gasteiger partial charge is 0.386 e. The van der Waals surface area contributed by atoms with Gasteiger partial charge in [-0.1, -0.05) is 273 Å². The third-order valence-electron chi connectivity index (χ3n) is 14.8. The number of aromatic nitrogens is 4. The number of benzene rings is 9. The number of aliphatic hydroxyl groups is 1. The van der Waals surface area contributed by atoms with Gasteiger partial charge in [0.15, 0.2) is 17.4 Å². The van der Waals surface area contributed by atoms with Crippen molar-refractivity contribution in [2.24, 2.45) is 0 Å². The van der Waals surface area contributed by atoms with E-state index in [1.54, 1.807) is 4.57 Å². The van der Waals surface area contributed by atoms with Crippen LogP contribution in [0.3, 0.4) is 0 Å². The molecule has 0 unspecified atom stereocenters. The van der Waals surface area contributed by atoms with Gasteiger partial charge < -0.3 is 24.6 Å². The predicted octanol–water partition coefficient (Wildman–Crippen LogP) is 12.2. The highest BCUT2D eigenvalue weighted by molar-refractivity contribution is 5.72. The van der Waals surface area contributed by atoms with Gasteiger partial charge in [0.2, 0.25) is 5.95 Å². The summed E-state index contributed by atoms with van der Waals surface area (Å²) in [5, 5.41) is 17.0. The van der Waals surface area contributed by atoms with Crippen molar-refractivity contribution in [1.29, 1.82) is 0 Å². The third-order valence-corrected chi connectivity index (χ3v) is 14.8. The molecule has 4 atom stereocenters. The lowest BCUT2D eigenvalue weighted by Gasteiger charge is -2.41. The fraction of sp³-hybridized carbons (Fsp3) is 0.119. The first kappa shape index (κ1) is 48.9. The molecular formula is C67H55N5O5. The van der Waals surface area contributed by atoms with Crippen molar-refractivity contribution in [1.82, 2.24) is 19.5 Å². The van der Waals surface area contributed by atoms with Crippen LogP contribution in [0.4, 0.5) is 5.95 Å². The van der Waals surface area contributed by atoms with Crippen LogP contribution in [0.25, 0.3) is 11.2 Å². The molecule has 10 heteroatoms. The Morgan fingerprint density at radius 1 is 0.494 bits per heavy atom. The highest BCUT2D eigenvalue weighted by atomic mass is 16.6. The van der Waals surface area contributed by atoms with Crippen LogP contribution < -0.4 is 10.9 Å². The summed E-state index contributed by atoms with van der Waals surface area (Å²) >= 11 is 0. The summed E-state index contributed by atoms with van der Waals surface area (Å²) in [4.78, 5) is 27.3. The number of hydrogen-bond acceptors (Lipinski definition) is 8. The van der Waals surface area contributed by atoms with Crippen molar-refractivity contribution < 1.29 is 19.3 Å². The number of aliphatic hydroxyl groups excluding tert-OH is 1. The number of fused-ring (bicyclic) bond motifs is 1. The van der Waals surface area contributed by atoms with Crippen molar-refractivity contribution in [3.8, 4) is 0 Å². The van der Waals surface area contributed by atoms with Crippen LogP contribution in [0.15, 0.2) is 284 Å². The Morgan fingerprint density at radius 2 is 0.831 bits per heavy atom. The summed E-state index contributed by atoms with van der Waals surface area (Å²) in [6, 6.07) is 90.9. The molecule has 0 radical (unpaired) electrons. The standard InChI is InChI=1S/C67H55N5O5/c73-59-60(77-67(54-40-22-7-23-41-54,55-42-24-8-25-43-55)56-44-26-9-27-45-56)57(46-75-66(51-34-16-4-17-35-51,52-36-18-5-19-37-52)53-38-20-6-21-39-53)76-63(59)72-47-68-58-61(72)69-64(70-62(58)74)71-65(48-28-10-1-11-29-48,49-30-12-2-13-31-49)50-32-14-3-15-33-50/h1-45,47,57,59-60,63,73H,46H2,(H2,69,70,71,74)/t57-,59-,60-,63-/m1/s1. The van der Waals surface area contributed by atoms with Crippen LogP contribution in [0.2, 0.25) is 0 Å². The molecule has 0 spiro atoms. The number of nitrogens with zero attached hydrogens (tertiary/aromatic N) is 3. The van der Waals surface area contributed by atoms with E-state index < -0.39 is 46.8 Å². The normalized spacial score (nSPS) is 16.8. The summed E-state index contributed by atoms with van der Waals surface area (Å²) in [5.41, 5.74) is 4.32. The van der Waals surface area contributed by atoms with E-state index >= 15 is 0 Å². The molecule has 2 aromatic heterocycles. The first-order valence-corrected chi connectivity index (χ1v) is 25.9. The van der Waals surface area contributed by atoms with Crippen LogP contribution >= 0.6 is 0 Å². The first-order valence-electron chi connectivity index (χ1n) is 25.9. The molecule has 77 heavy (non-hydrogen) atoms. The molecule has 11 aromatic rings. The minimum absolute atomic E-state index is 0.0629. The average molecular weight is 1010 g/mol. The van der Waals surface area contributed by atoms with Gasteiger partial charge in [-0.25, -0.2) is 4.98 Å². The minimum atomic E-state index is -1.38. The van der Waals surface area contributed by atoms with Crippen molar-refractivity contribution >= 4 is 17.1 Å². The number of ether oxygens (including phenoxy) is 3. The predicted molar refractivity (Wildman–Crippen MR) is 300 cm³/mol. The number of anilines is 1. The van der Waals surface area contributed by atoms with Gasteiger partial charge in [0.05, 0.1) is 12.9 Å². The molecule has 3 heterocycles. The van der Waals surface area contributed by atoms with E-state index in [0.717, 1.165) is 50.1 Å². The molecule has 1 saturated heterocycles. The van der Waals surface area contributed by atoms with Gasteiger partial charge >= 0.3 is 0 Å². The number of imidazole rings is 1. The van der Waals surface area contributed by atoms with Gasteiger partial charge in [-0.15, -0.1) is 0 Å². The molecular weight excluding hydrogens is 955 g/mol. The Labute approximate surface area is 446 Å². The number of nitrogens with one attached hydrogen (secondary N) is 2. The zero-order valence-electron chi connectivity index (χ0n) is 42.0. The summed E-state index contributed by atoms with van der Waals surface area (Å²) in [5.74, 6) is 0.176. The van der Waals surface area contributed by atoms with Gasteiger partial charge in [0, 0.05) is 0 Å². The van der Waals surface area contributed by atoms with Gasteiger partial charge in [-0.05, 0) is 50.1 Å². The molecule has 0 bridgehead atoms. The van der Waals surface area contributed by atoms with E-state index in [-0.39, 0.29) is 23.7 Å². The lowest BCUT2D eigenvalue weighted by Crippen LogP contribution is -2.46. The van der Waals surface area contributed by atoms with E-state index in [0.29, 0.717) is 0 Å². The number of rotatable bonds is 17. The molecule has 1 aliphatic heterocycles. The highest BCUT2D eigenvalue weighted by Crippen LogP contribution is 2.47. The van der Waals surface area contributed by atoms with Crippen LogP contribution in [-0.2, 0) is 31.0 Å². The second-order valence-electron chi connectivity index (χ2n) is 19.2. The Morgan fingerprint density at radius 3 is 1.19 bits per heavy atom. The lowest BCUT2D eigenvalue weighted by atomic mass is 9.77. The molecule has 378 valence electrons. The van der Waals surface area contributed by atoms with Crippen LogP contribution in [0.1, 0.15) is 56.3 Å². The molecule has 0 saturated carbocycles. The first-order chi connectivity index (χ1) is 38.0. The number of H-pyrrole nitrogens is 1. The van der Waals surface area contributed by atoms with E-state index in [1.807, 2.05) is 200 Å². The lowest BCUT2D eigenvalue weighted by molar-refractivity contribution is -0.131. The maximum atomic E-state index is 14.4. The molecule has 1 fully saturated rings. The maximum absolute atomic E-state index is 14.4. The molecule has 3 N–H and O–H groups in total. The zero-order chi connectivity index (χ0) is 52.1. The summed E-state index contributed by atoms with van der Waals surface area (Å²) < 4.78 is 24.2. The van der Waals surface area contributed by atoms with Crippen LogP contribution in [0, 0.1) is 0 Å². The van der Waals surface area contributed by atoms with Gasteiger partial charge in [0.1, 0.15) is 35.1 Å². The Balaban J connectivity index is 1.02. The third kappa shape index (κ3) is 8.93. The molecule has 0 amide bonds. The molecule has 12 rings (SSSR count). The van der Waals surface area contributed by atoms with Crippen molar-refractivity contribution in [2.45, 2.75) is 41.3 Å².